The third-order valence-electron chi connectivity index (χ3n) is 14.6. The average molecular weight is 767 g/mol. The van der Waals surface area contributed by atoms with Gasteiger partial charge in [-0.3, -0.25) is 9.59 Å². The fourth-order valence-corrected chi connectivity index (χ4v) is 10.5. The molecule has 12 heteroatoms. The minimum Gasteiger partial charge on any atom is -0.481 e. The molecule has 5 aliphatic rings. The van der Waals surface area contributed by atoms with E-state index in [1.807, 2.05) is 41.5 Å². The third kappa shape index (κ3) is 7.86. The maximum absolute atomic E-state index is 14.4. The van der Waals surface area contributed by atoms with E-state index in [-0.39, 0.29) is 42.2 Å². The molecule has 12 nitrogen and oxygen atoms in total. The molecular weight excluding hydrogens is 696 g/mol. The van der Waals surface area contributed by atoms with E-state index in [0.717, 1.165) is 0 Å². The fraction of sp³-hybridized carbons (Fsp3) is 0.905. The molecule has 5 N–H and O–H groups in total. The maximum atomic E-state index is 14.4. The van der Waals surface area contributed by atoms with Crippen molar-refractivity contribution < 1.29 is 58.8 Å². The van der Waals surface area contributed by atoms with Gasteiger partial charge < -0.3 is 49.2 Å². The standard InChI is InChI=1S/C42H70O12/c1-11-28(38(47)48)31-21-30(43)24(6)37(51-31)26(8)34(45)25(7)35(46)29(12-2)36-22(4)20-23(5)41(52-36)17-14-32(44)42(54-41)19-18-39(10,53-42)33-15-16-40(49,13-3)27(9)50-33/h14,17,22-34,36-37,43-45,49H,11-13,15-16,18-21H2,1-10H3,(H,47,48)/t22-,23+,24-,25-,26-,27-,28+,29-,30?,31+,32+,33+,34+,36-,37+,39-,40+,41-,42-/m0/s1. The van der Waals surface area contributed by atoms with Gasteiger partial charge in [-0.05, 0) is 76.9 Å². The number of hydrogen-bond acceptors (Lipinski definition) is 11. The van der Waals surface area contributed by atoms with Gasteiger partial charge in [0.2, 0.25) is 5.79 Å². The number of ketones is 1. The summed E-state index contributed by atoms with van der Waals surface area (Å²) in [7, 11) is 0. The Morgan fingerprint density at radius 1 is 0.907 bits per heavy atom. The van der Waals surface area contributed by atoms with Crippen LogP contribution in [-0.2, 0) is 33.3 Å². The van der Waals surface area contributed by atoms with E-state index in [4.69, 9.17) is 23.7 Å². The van der Waals surface area contributed by atoms with Crippen LogP contribution in [0.25, 0.3) is 0 Å². The van der Waals surface area contributed by atoms with Gasteiger partial charge in [-0.1, -0.05) is 55.4 Å². The second-order valence-corrected chi connectivity index (χ2v) is 18.0. The number of Topliss-reactive ketones (excluding diaryl/α,β-unsaturated/α-hetero) is 1. The zero-order chi connectivity index (χ0) is 40.1. The summed E-state index contributed by atoms with van der Waals surface area (Å²) in [5, 5.41) is 54.9. The number of hydrogen-bond donors (Lipinski definition) is 5. The van der Waals surface area contributed by atoms with Gasteiger partial charge in [0.25, 0.3) is 0 Å². The second kappa shape index (κ2) is 16.4. The van der Waals surface area contributed by atoms with Crippen molar-refractivity contribution in [1.29, 1.82) is 0 Å². The van der Waals surface area contributed by atoms with E-state index in [2.05, 4.69) is 6.92 Å². The van der Waals surface area contributed by atoms with Crippen molar-refractivity contribution in [1.82, 2.24) is 0 Å². The summed E-state index contributed by atoms with van der Waals surface area (Å²) in [4.78, 5) is 26.4. The van der Waals surface area contributed by atoms with Crippen molar-refractivity contribution in [2.45, 2.75) is 199 Å². The summed E-state index contributed by atoms with van der Waals surface area (Å²) < 4.78 is 33.3. The Morgan fingerprint density at radius 2 is 1.57 bits per heavy atom. The van der Waals surface area contributed by atoms with E-state index >= 15 is 0 Å². The van der Waals surface area contributed by atoms with Gasteiger partial charge in [0.15, 0.2) is 5.79 Å². The number of rotatable bonds is 12. The second-order valence-electron chi connectivity index (χ2n) is 18.0. The van der Waals surface area contributed by atoms with Crippen molar-refractivity contribution in [3.63, 3.8) is 0 Å². The van der Waals surface area contributed by atoms with Crippen molar-refractivity contribution in [3.8, 4) is 0 Å². The van der Waals surface area contributed by atoms with Crippen LogP contribution in [0.2, 0.25) is 0 Å². The molecule has 0 amide bonds. The van der Waals surface area contributed by atoms with Gasteiger partial charge in [0, 0.05) is 42.4 Å². The minimum atomic E-state index is -1.39. The van der Waals surface area contributed by atoms with Crippen LogP contribution in [0.3, 0.4) is 0 Å². The lowest BCUT2D eigenvalue weighted by Gasteiger charge is -2.54. The number of carbonyl (C=O) groups excluding carboxylic acids is 1. The molecule has 4 saturated heterocycles. The summed E-state index contributed by atoms with van der Waals surface area (Å²) in [5.74, 6) is -7.05. The first-order valence-corrected chi connectivity index (χ1v) is 20.8. The summed E-state index contributed by atoms with van der Waals surface area (Å²) in [6, 6.07) is 0. The molecule has 4 fully saturated rings. The Balaban J connectivity index is 1.32. The van der Waals surface area contributed by atoms with Crippen molar-refractivity contribution >= 4 is 11.8 Å². The number of carboxylic acids is 1. The SMILES string of the molecule is CC[C@@H](C(=O)[C@@H](C)[C@@H](O)[C@H](C)[C@@H]1O[C@@H]([C@@H](CC)C(=O)O)CC(O)[C@@H]1C)[C@H]1O[C@]2(C=C[C@@H](O)[C@]3(CC[C@@](C)([C@H]4CC[C@](O)(CC)[C@H](C)O4)O3)O2)[C@H](C)C[C@@H]1C. The zero-order valence-electron chi connectivity index (χ0n) is 34.3. The molecule has 5 aliphatic heterocycles. The Morgan fingerprint density at radius 3 is 2.17 bits per heavy atom. The number of carbonyl (C=O) groups is 2. The number of carboxylic acid groups (broad SMARTS) is 1. The number of aliphatic carboxylic acids is 1. The molecule has 0 aliphatic carbocycles. The Kier molecular flexibility index (Phi) is 13.3. The Hall–Kier alpha value is -1.48. The number of aliphatic hydroxyl groups is 4. The van der Waals surface area contributed by atoms with Crippen molar-refractivity contribution in [3.05, 3.63) is 12.2 Å². The van der Waals surface area contributed by atoms with Crippen LogP contribution in [-0.4, -0.2) is 109 Å². The highest BCUT2D eigenvalue weighted by Gasteiger charge is 2.63. The molecule has 1 unspecified atom stereocenters. The van der Waals surface area contributed by atoms with Crippen LogP contribution in [0.1, 0.15) is 127 Å². The molecule has 5 heterocycles. The molecule has 0 saturated carbocycles. The zero-order valence-corrected chi connectivity index (χ0v) is 34.3. The molecule has 0 bridgehead atoms. The summed E-state index contributed by atoms with van der Waals surface area (Å²) in [6.07, 6.45) is 2.39. The van der Waals surface area contributed by atoms with Gasteiger partial charge in [0.05, 0.1) is 59.8 Å². The fourth-order valence-electron chi connectivity index (χ4n) is 10.5. The van der Waals surface area contributed by atoms with Gasteiger partial charge in [-0.25, -0.2) is 0 Å². The lowest BCUT2D eigenvalue weighted by atomic mass is 9.72. The van der Waals surface area contributed by atoms with Crippen LogP contribution in [0, 0.1) is 41.4 Å². The first-order chi connectivity index (χ1) is 25.2. The van der Waals surface area contributed by atoms with E-state index in [1.54, 1.807) is 32.9 Å². The predicted octanol–water partition coefficient (Wildman–Crippen LogP) is 5.16. The van der Waals surface area contributed by atoms with E-state index < -0.39 is 89.0 Å². The van der Waals surface area contributed by atoms with Crippen molar-refractivity contribution in [2.75, 3.05) is 0 Å². The van der Waals surface area contributed by atoms with E-state index in [0.29, 0.717) is 51.4 Å². The third-order valence-corrected chi connectivity index (χ3v) is 14.6. The van der Waals surface area contributed by atoms with Crippen LogP contribution < -0.4 is 0 Å². The van der Waals surface area contributed by atoms with Gasteiger partial charge in [0.1, 0.15) is 11.9 Å². The lowest BCUT2D eigenvalue weighted by molar-refractivity contribution is -0.409. The first kappa shape index (κ1) is 43.6. The molecular formula is C42H70O12. The highest BCUT2D eigenvalue weighted by Crippen LogP contribution is 2.54. The van der Waals surface area contributed by atoms with Gasteiger partial charge >= 0.3 is 5.97 Å². The molecule has 0 aromatic heterocycles. The molecule has 310 valence electrons. The number of aliphatic hydroxyl groups excluding tert-OH is 3. The van der Waals surface area contributed by atoms with Crippen molar-refractivity contribution in [2.24, 2.45) is 41.4 Å². The van der Waals surface area contributed by atoms with Gasteiger partial charge in [-0.2, -0.15) is 0 Å². The van der Waals surface area contributed by atoms with Gasteiger partial charge in [-0.15, -0.1) is 0 Å². The lowest BCUT2D eigenvalue weighted by Crippen LogP contribution is -2.63. The molecule has 2 spiro atoms. The largest absolute Gasteiger partial charge is 0.481 e. The molecule has 5 rings (SSSR count). The van der Waals surface area contributed by atoms with E-state index in [9.17, 15) is 35.1 Å². The minimum absolute atomic E-state index is 0.0232. The Bertz CT molecular complexity index is 1360. The molecule has 19 atom stereocenters. The Labute approximate surface area is 322 Å². The molecule has 54 heavy (non-hydrogen) atoms. The number of ether oxygens (including phenoxy) is 5. The summed E-state index contributed by atoms with van der Waals surface area (Å²) in [6.45, 7) is 19.0. The molecule has 0 radical (unpaired) electrons. The average Bonchev–Trinajstić information content (AvgIpc) is 3.47. The molecule has 0 aromatic rings. The summed E-state index contributed by atoms with van der Waals surface area (Å²) in [5.41, 5.74) is -1.66. The smallest absolute Gasteiger partial charge is 0.309 e. The van der Waals surface area contributed by atoms with Crippen LogP contribution in [0.5, 0.6) is 0 Å². The summed E-state index contributed by atoms with van der Waals surface area (Å²) >= 11 is 0. The topological polar surface area (TPSA) is 181 Å². The monoisotopic (exact) mass is 766 g/mol. The maximum Gasteiger partial charge on any atom is 0.309 e. The normalized spacial score (nSPS) is 46.9. The van der Waals surface area contributed by atoms with Crippen LogP contribution in [0.15, 0.2) is 12.2 Å². The highest BCUT2D eigenvalue weighted by molar-refractivity contribution is 5.84. The van der Waals surface area contributed by atoms with E-state index in [1.165, 1.54) is 0 Å². The highest BCUT2D eigenvalue weighted by atomic mass is 16.8. The predicted molar refractivity (Wildman–Crippen MR) is 200 cm³/mol. The molecule has 0 aromatic carbocycles. The quantitative estimate of drug-likeness (QED) is 0.165. The van der Waals surface area contributed by atoms with Crippen LogP contribution in [0.4, 0.5) is 0 Å². The first-order valence-electron chi connectivity index (χ1n) is 20.8. The van der Waals surface area contributed by atoms with Crippen LogP contribution >= 0.6 is 0 Å².